The topological polar surface area (TPSA) is 29.1 Å². The third-order valence-corrected chi connectivity index (χ3v) is 5.00. The molecule has 0 radical (unpaired) electrons. The fraction of sp³-hybridized carbons (Fsp3) is 0.235. The van der Waals surface area contributed by atoms with Crippen LogP contribution in [0.25, 0.3) is 0 Å². The van der Waals surface area contributed by atoms with Gasteiger partial charge in [-0.1, -0.05) is 28.1 Å². The molecule has 1 amide bonds. The van der Waals surface area contributed by atoms with E-state index < -0.39 is 0 Å². The molecule has 0 heterocycles. The molecule has 1 aliphatic rings. The maximum absolute atomic E-state index is 12.5. The van der Waals surface area contributed by atoms with Gasteiger partial charge in [-0.25, -0.2) is 0 Å². The monoisotopic (exact) mass is 407 g/mol. The fourth-order valence-corrected chi connectivity index (χ4v) is 3.55. The lowest BCUT2D eigenvalue weighted by Crippen LogP contribution is -2.16. The maximum atomic E-state index is 12.5. The molecule has 0 spiro atoms. The number of hydrogen-bond donors (Lipinski definition) is 1. The van der Waals surface area contributed by atoms with Gasteiger partial charge in [0.05, 0.1) is 5.56 Å². The number of hydrogen-bond acceptors (Lipinski definition) is 1. The molecule has 21 heavy (non-hydrogen) atoms. The third kappa shape index (κ3) is 3.22. The zero-order valence-electron chi connectivity index (χ0n) is 11.5. The summed E-state index contributed by atoms with van der Waals surface area (Å²) in [4.78, 5) is 12.5. The van der Waals surface area contributed by atoms with Crippen molar-refractivity contribution < 1.29 is 4.79 Å². The molecule has 0 saturated heterocycles. The molecule has 0 bridgehead atoms. The molecular weight excluding hydrogens is 394 g/mol. The van der Waals surface area contributed by atoms with Gasteiger partial charge in [-0.15, -0.1) is 0 Å². The molecule has 2 aromatic rings. The molecular formula is C17H15Br2NO. The Morgan fingerprint density at radius 2 is 1.86 bits per heavy atom. The van der Waals surface area contributed by atoms with E-state index in [9.17, 15) is 4.79 Å². The van der Waals surface area contributed by atoms with Crippen molar-refractivity contribution in [2.45, 2.75) is 25.7 Å². The Labute approximate surface area is 141 Å². The van der Waals surface area contributed by atoms with Crippen molar-refractivity contribution in [1.29, 1.82) is 0 Å². The standard InChI is InChI=1S/C17H15Br2NO/c18-12-8-9-15(19)14(10-12)17(21)20-16-7-3-5-11-4-1-2-6-13(11)16/h3,5,7-10H,1-2,4,6H2,(H,20,21). The number of anilines is 1. The minimum atomic E-state index is -0.0813. The largest absolute Gasteiger partial charge is 0.322 e. The van der Waals surface area contributed by atoms with E-state index in [-0.39, 0.29) is 5.91 Å². The maximum Gasteiger partial charge on any atom is 0.256 e. The molecule has 0 unspecified atom stereocenters. The lowest BCUT2D eigenvalue weighted by Gasteiger charge is -2.19. The van der Waals surface area contributed by atoms with Crippen LogP contribution >= 0.6 is 31.9 Å². The van der Waals surface area contributed by atoms with E-state index in [4.69, 9.17) is 0 Å². The van der Waals surface area contributed by atoms with Gasteiger partial charge in [0.1, 0.15) is 0 Å². The van der Waals surface area contributed by atoms with Crippen molar-refractivity contribution >= 4 is 43.5 Å². The SMILES string of the molecule is O=C(Nc1cccc2c1CCCC2)c1cc(Br)ccc1Br. The molecule has 0 atom stereocenters. The molecule has 4 heteroatoms. The Hall–Kier alpha value is -1.13. The molecule has 1 aliphatic carbocycles. The smallest absolute Gasteiger partial charge is 0.256 e. The number of rotatable bonds is 2. The van der Waals surface area contributed by atoms with Crippen LogP contribution < -0.4 is 5.32 Å². The van der Waals surface area contributed by atoms with Crippen LogP contribution in [0.4, 0.5) is 5.69 Å². The molecule has 2 aromatic carbocycles. The molecule has 3 rings (SSSR count). The Morgan fingerprint density at radius 3 is 2.71 bits per heavy atom. The van der Waals surface area contributed by atoms with E-state index in [1.165, 1.54) is 24.0 Å². The van der Waals surface area contributed by atoms with Crippen molar-refractivity contribution in [1.82, 2.24) is 0 Å². The van der Waals surface area contributed by atoms with Crippen LogP contribution in [-0.2, 0) is 12.8 Å². The summed E-state index contributed by atoms with van der Waals surface area (Å²) in [6.45, 7) is 0. The van der Waals surface area contributed by atoms with Crippen LogP contribution in [0.2, 0.25) is 0 Å². The van der Waals surface area contributed by atoms with E-state index in [1.54, 1.807) is 0 Å². The van der Waals surface area contributed by atoms with Crippen LogP contribution in [0.1, 0.15) is 34.3 Å². The molecule has 0 saturated carbocycles. The Kier molecular flexibility index (Phi) is 4.45. The van der Waals surface area contributed by atoms with Crippen molar-refractivity contribution in [3.8, 4) is 0 Å². The highest BCUT2D eigenvalue weighted by atomic mass is 79.9. The quantitative estimate of drug-likeness (QED) is 0.713. The van der Waals surface area contributed by atoms with E-state index in [0.717, 1.165) is 27.5 Å². The second-order valence-electron chi connectivity index (χ2n) is 5.23. The molecule has 0 aliphatic heterocycles. The number of fused-ring (bicyclic) bond motifs is 1. The summed E-state index contributed by atoms with van der Waals surface area (Å²) in [7, 11) is 0. The van der Waals surface area contributed by atoms with Gasteiger partial charge in [-0.05, 0) is 77.0 Å². The number of halogens is 2. The second kappa shape index (κ2) is 6.32. The third-order valence-electron chi connectivity index (χ3n) is 3.82. The molecule has 1 N–H and O–H groups in total. The van der Waals surface area contributed by atoms with Crippen LogP contribution in [-0.4, -0.2) is 5.91 Å². The summed E-state index contributed by atoms with van der Waals surface area (Å²) in [5.74, 6) is -0.0813. The summed E-state index contributed by atoms with van der Waals surface area (Å²) in [6, 6.07) is 11.8. The number of carbonyl (C=O) groups is 1. The first-order valence-corrected chi connectivity index (χ1v) is 8.61. The van der Waals surface area contributed by atoms with E-state index in [1.807, 2.05) is 30.3 Å². The molecule has 108 valence electrons. The average molecular weight is 409 g/mol. The van der Waals surface area contributed by atoms with Gasteiger partial charge in [0, 0.05) is 14.6 Å². The van der Waals surface area contributed by atoms with E-state index in [0.29, 0.717) is 5.56 Å². The first-order chi connectivity index (χ1) is 10.1. The predicted molar refractivity (Wildman–Crippen MR) is 92.9 cm³/mol. The number of nitrogens with one attached hydrogen (secondary N) is 1. The van der Waals surface area contributed by atoms with Gasteiger partial charge in [0.15, 0.2) is 0 Å². The van der Waals surface area contributed by atoms with Gasteiger partial charge in [-0.2, -0.15) is 0 Å². The van der Waals surface area contributed by atoms with Crippen LogP contribution in [0.5, 0.6) is 0 Å². The van der Waals surface area contributed by atoms with Gasteiger partial charge in [0.2, 0.25) is 0 Å². The number of aryl methyl sites for hydroxylation is 1. The van der Waals surface area contributed by atoms with Crippen molar-refractivity contribution in [3.05, 3.63) is 62.0 Å². The average Bonchev–Trinajstić information content (AvgIpc) is 2.50. The Bertz CT molecular complexity index is 697. The van der Waals surface area contributed by atoms with Gasteiger partial charge in [0.25, 0.3) is 5.91 Å². The highest BCUT2D eigenvalue weighted by Gasteiger charge is 2.16. The summed E-state index contributed by atoms with van der Waals surface area (Å²) in [5, 5.41) is 3.06. The lowest BCUT2D eigenvalue weighted by atomic mass is 9.90. The Morgan fingerprint density at radius 1 is 1.05 bits per heavy atom. The minimum absolute atomic E-state index is 0.0813. The molecule has 0 aromatic heterocycles. The molecule has 0 fully saturated rings. The zero-order valence-corrected chi connectivity index (χ0v) is 14.6. The minimum Gasteiger partial charge on any atom is -0.322 e. The summed E-state index contributed by atoms with van der Waals surface area (Å²) < 4.78 is 1.69. The first-order valence-electron chi connectivity index (χ1n) is 7.02. The normalized spacial score (nSPS) is 13.6. The zero-order chi connectivity index (χ0) is 14.8. The van der Waals surface area contributed by atoms with Crippen LogP contribution in [0.3, 0.4) is 0 Å². The number of benzene rings is 2. The predicted octanol–water partition coefficient (Wildman–Crippen LogP) is 5.34. The van der Waals surface area contributed by atoms with Crippen molar-refractivity contribution in [2.24, 2.45) is 0 Å². The van der Waals surface area contributed by atoms with Crippen LogP contribution in [0.15, 0.2) is 45.3 Å². The molecule has 2 nitrogen and oxygen atoms in total. The van der Waals surface area contributed by atoms with Gasteiger partial charge in [-0.3, -0.25) is 4.79 Å². The number of amides is 1. The summed E-state index contributed by atoms with van der Waals surface area (Å²) in [6.07, 6.45) is 4.59. The Balaban J connectivity index is 1.90. The van der Waals surface area contributed by atoms with Crippen molar-refractivity contribution in [2.75, 3.05) is 5.32 Å². The van der Waals surface area contributed by atoms with Crippen LogP contribution in [0, 0.1) is 0 Å². The van der Waals surface area contributed by atoms with E-state index >= 15 is 0 Å². The lowest BCUT2D eigenvalue weighted by molar-refractivity contribution is 0.102. The van der Waals surface area contributed by atoms with Crippen molar-refractivity contribution in [3.63, 3.8) is 0 Å². The van der Waals surface area contributed by atoms with Gasteiger partial charge >= 0.3 is 0 Å². The first kappa shape index (κ1) is 14.8. The highest BCUT2D eigenvalue weighted by Crippen LogP contribution is 2.29. The number of carbonyl (C=O) groups excluding carboxylic acids is 1. The fourth-order valence-electron chi connectivity index (χ4n) is 2.76. The van der Waals surface area contributed by atoms with E-state index in [2.05, 4.69) is 43.2 Å². The highest BCUT2D eigenvalue weighted by molar-refractivity contribution is 9.11. The second-order valence-corrected chi connectivity index (χ2v) is 7.00. The van der Waals surface area contributed by atoms with Gasteiger partial charge < -0.3 is 5.32 Å². The summed E-state index contributed by atoms with van der Waals surface area (Å²) >= 11 is 6.85. The summed E-state index contributed by atoms with van der Waals surface area (Å²) in [5.41, 5.74) is 4.25.